The summed E-state index contributed by atoms with van der Waals surface area (Å²) in [5, 5.41) is 9.63. The molecule has 0 aromatic carbocycles. The number of carbonyl (C=O) groups excluding carboxylic acids is 2. The fourth-order valence-electron chi connectivity index (χ4n) is 5.87. The molecular weight excluding hydrogens is 490 g/mol. The van der Waals surface area contributed by atoms with E-state index in [1.54, 1.807) is 0 Å². The second kappa shape index (κ2) is 9.55. The summed E-state index contributed by atoms with van der Waals surface area (Å²) >= 11 is 0. The highest BCUT2D eigenvalue weighted by molar-refractivity contribution is 5.74. The van der Waals surface area contributed by atoms with Crippen LogP contribution < -0.4 is 0 Å². The van der Waals surface area contributed by atoms with Gasteiger partial charge in [0.1, 0.15) is 12.2 Å². The maximum atomic E-state index is 12.8. The number of carbonyl (C=O) groups is 2. The average Bonchev–Trinajstić information content (AvgIpc) is 2.66. The number of halogens is 6. The van der Waals surface area contributed by atoms with Crippen molar-refractivity contribution in [3.05, 3.63) is 12.2 Å². The third-order valence-electron chi connectivity index (χ3n) is 6.65. The van der Waals surface area contributed by atoms with Crippen molar-refractivity contribution in [3.8, 4) is 0 Å². The van der Waals surface area contributed by atoms with Gasteiger partial charge in [0.2, 0.25) is 0 Å². The molecule has 0 amide bonds. The van der Waals surface area contributed by atoms with Gasteiger partial charge in [-0.1, -0.05) is 6.58 Å². The van der Waals surface area contributed by atoms with Crippen molar-refractivity contribution in [2.75, 3.05) is 6.61 Å². The van der Waals surface area contributed by atoms with E-state index >= 15 is 0 Å². The largest absolute Gasteiger partial charge is 0.457 e. The summed E-state index contributed by atoms with van der Waals surface area (Å²) in [6.45, 7) is 5.50. The molecule has 0 radical (unpaired) electrons. The minimum atomic E-state index is -5.83. The van der Waals surface area contributed by atoms with Crippen LogP contribution in [0, 0.1) is 11.8 Å². The Morgan fingerprint density at radius 2 is 1.54 bits per heavy atom. The molecule has 4 rings (SSSR count). The van der Waals surface area contributed by atoms with E-state index in [1.807, 2.05) is 0 Å². The van der Waals surface area contributed by atoms with Gasteiger partial charge in [0, 0.05) is 6.42 Å². The lowest BCUT2D eigenvalue weighted by Gasteiger charge is -2.61. The van der Waals surface area contributed by atoms with Crippen LogP contribution in [0.1, 0.15) is 52.4 Å². The number of aliphatic hydroxyl groups excluding tert-OH is 1. The minimum absolute atomic E-state index is 0.0345. The van der Waals surface area contributed by atoms with Gasteiger partial charge in [-0.3, -0.25) is 0 Å². The molecule has 0 heterocycles. The number of ether oxygens (including phenoxy) is 4. The molecule has 4 saturated carbocycles. The summed E-state index contributed by atoms with van der Waals surface area (Å²) < 4.78 is 96.9. The van der Waals surface area contributed by atoms with E-state index in [0.717, 1.165) is 13.3 Å². The number of rotatable bonds is 9. The molecule has 4 atom stereocenters. The van der Waals surface area contributed by atoms with Crippen molar-refractivity contribution in [1.29, 1.82) is 0 Å². The van der Waals surface area contributed by atoms with E-state index in [4.69, 9.17) is 14.2 Å². The first-order valence-electron chi connectivity index (χ1n) is 11.1. The number of esters is 2. The zero-order valence-electron chi connectivity index (χ0n) is 19.2. The van der Waals surface area contributed by atoms with Crippen molar-refractivity contribution in [1.82, 2.24) is 0 Å². The van der Waals surface area contributed by atoms with Crippen LogP contribution in [0.3, 0.4) is 0 Å². The van der Waals surface area contributed by atoms with Crippen LogP contribution in [-0.4, -0.2) is 65.7 Å². The first kappa shape index (κ1) is 27.7. The summed E-state index contributed by atoms with van der Waals surface area (Å²) in [5.74, 6) is -2.46. The third kappa shape index (κ3) is 6.48. The molecule has 0 aliphatic heterocycles. The van der Waals surface area contributed by atoms with Gasteiger partial charge in [-0.2, -0.15) is 26.3 Å². The lowest BCUT2D eigenvalue weighted by atomic mass is 9.52. The third-order valence-corrected chi connectivity index (χ3v) is 6.65. The Morgan fingerprint density at radius 3 is 2.03 bits per heavy atom. The van der Waals surface area contributed by atoms with Crippen LogP contribution in [0.2, 0.25) is 0 Å². The van der Waals surface area contributed by atoms with Crippen molar-refractivity contribution in [3.63, 3.8) is 0 Å². The topological polar surface area (TPSA) is 91.3 Å². The van der Waals surface area contributed by atoms with Gasteiger partial charge >= 0.3 is 24.3 Å². The molecular formula is C22H28F6O7. The Kier molecular flexibility index (Phi) is 7.56. The molecule has 4 aliphatic rings. The Hall–Kier alpha value is -1.86. The summed E-state index contributed by atoms with van der Waals surface area (Å²) in [6, 6.07) is 0. The van der Waals surface area contributed by atoms with Gasteiger partial charge in [0.25, 0.3) is 6.10 Å². The predicted octanol–water partition coefficient (Wildman–Crippen LogP) is 3.97. The van der Waals surface area contributed by atoms with Crippen LogP contribution in [0.15, 0.2) is 12.2 Å². The van der Waals surface area contributed by atoms with E-state index in [9.17, 15) is 41.0 Å². The zero-order chi connectivity index (χ0) is 26.4. The van der Waals surface area contributed by atoms with E-state index in [0.29, 0.717) is 31.3 Å². The average molecular weight is 518 g/mol. The number of aliphatic hydroxyl groups is 1. The Labute approximate surface area is 197 Å². The SMILES string of the molecule is C=C(C)C(O)OCC(=O)OC12CC3CC(C1)CC(OC(C)C(=O)OC(C(F)(F)F)C(F)(F)F)(C3)C2. The lowest BCUT2D eigenvalue weighted by Crippen LogP contribution is -2.62. The van der Waals surface area contributed by atoms with Gasteiger partial charge in [-0.05, 0) is 63.4 Å². The van der Waals surface area contributed by atoms with Crippen molar-refractivity contribution in [2.45, 2.75) is 94.4 Å². The van der Waals surface area contributed by atoms with Gasteiger partial charge in [-0.15, -0.1) is 0 Å². The first-order valence-corrected chi connectivity index (χ1v) is 11.1. The molecule has 200 valence electrons. The standard InChI is InChI=1S/C22H28F6O7/c1-11(2)16(30)32-9-15(29)35-20-7-13-4-14(8-20)6-19(5-13,10-20)34-12(3)17(31)33-18(21(23,24)25)22(26,27)28/h12-14,16,18,30H,1,4-10H2,2-3H3. The Balaban J connectivity index is 1.67. The highest BCUT2D eigenvalue weighted by Gasteiger charge is 2.62. The van der Waals surface area contributed by atoms with E-state index in [-0.39, 0.29) is 18.3 Å². The van der Waals surface area contributed by atoms with E-state index in [2.05, 4.69) is 11.3 Å². The van der Waals surface area contributed by atoms with E-state index in [1.165, 1.54) is 6.92 Å². The Bertz CT molecular complexity index is 811. The van der Waals surface area contributed by atoms with Crippen molar-refractivity contribution in [2.24, 2.45) is 11.8 Å². The van der Waals surface area contributed by atoms with Crippen LogP contribution >= 0.6 is 0 Å². The minimum Gasteiger partial charge on any atom is -0.457 e. The summed E-state index contributed by atoms with van der Waals surface area (Å²) in [5.41, 5.74) is -1.74. The van der Waals surface area contributed by atoms with Crippen LogP contribution in [-0.2, 0) is 28.5 Å². The predicted molar refractivity (Wildman–Crippen MR) is 106 cm³/mol. The number of alkyl halides is 6. The maximum absolute atomic E-state index is 12.8. The Morgan fingerprint density at radius 1 is 1.03 bits per heavy atom. The molecule has 4 aliphatic carbocycles. The van der Waals surface area contributed by atoms with Crippen molar-refractivity contribution >= 4 is 11.9 Å². The first-order chi connectivity index (χ1) is 15.9. The molecule has 35 heavy (non-hydrogen) atoms. The molecule has 0 saturated heterocycles. The van der Waals surface area contributed by atoms with E-state index < -0.39 is 60.6 Å². The van der Waals surface area contributed by atoms with Gasteiger partial charge in [0.05, 0.1) is 5.60 Å². The van der Waals surface area contributed by atoms with Gasteiger partial charge in [-0.25, -0.2) is 9.59 Å². The molecule has 4 fully saturated rings. The summed E-state index contributed by atoms with van der Waals surface area (Å²) in [7, 11) is 0. The smallest absolute Gasteiger partial charge is 0.434 e. The van der Waals surface area contributed by atoms with Gasteiger partial charge in [0.15, 0.2) is 12.4 Å². The maximum Gasteiger partial charge on any atom is 0.434 e. The lowest BCUT2D eigenvalue weighted by molar-refractivity contribution is -0.317. The summed E-state index contributed by atoms with van der Waals surface area (Å²) in [4.78, 5) is 24.5. The highest BCUT2D eigenvalue weighted by Crippen LogP contribution is 2.60. The second-order valence-corrected chi connectivity index (χ2v) is 9.97. The van der Waals surface area contributed by atoms with Gasteiger partial charge < -0.3 is 24.1 Å². The molecule has 7 nitrogen and oxygen atoms in total. The zero-order valence-corrected chi connectivity index (χ0v) is 19.2. The molecule has 0 aromatic heterocycles. The molecule has 1 N–H and O–H groups in total. The highest BCUT2D eigenvalue weighted by atomic mass is 19.4. The summed E-state index contributed by atoms with van der Waals surface area (Å²) in [6.07, 6.45) is -16.2. The monoisotopic (exact) mass is 518 g/mol. The molecule has 0 aromatic rings. The van der Waals surface area contributed by atoms with Crippen LogP contribution in [0.5, 0.6) is 0 Å². The fourth-order valence-corrected chi connectivity index (χ4v) is 5.87. The molecule has 13 heteroatoms. The van der Waals surface area contributed by atoms with Crippen LogP contribution in [0.25, 0.3) is 0 Å². The second-order valence-electron chi connectivity index (χ2n) is 9.97. The molecule has 0 spiro atoms. The number of hydrogen-bond donors (Lipinski definition) is 1. The number of hydrogen-bond acceptors (Lipinski definition) is 7. The molecule has 4 unspecified atom stereocenters. The van der Waals surface area contributed by atoms with Crippen LogP contribution in [0.4, 0.5) is 26.3 Å². The normalized spacial score (nSPS) is 31.8. The molecule has 4 bridgehead atoms. The fraction of sp³-hybridized carbons (Fsp3) is 0.818. The quantitative estimate of drug-likeness (QED) is 0.214. The van der Waals surface area contributed by atoms with Crippen molar-refractivity contribution < 1.29 is 60.0 Å².